The minimum Gasteiger partial charge on any atom is -0.497 e. The van der Waals surface area contributed by atoms with E-state index >= 15 is 0 Å². The summed E-state index contributed by atoms with van der Waals surface area (Å²) < 4.78 is 5.12. The number of nitrogens with zero attached hydrogens (tertiary/aromatic N) is 2. The van der Waals surface area contributed by atoms with E-state index in [0.29, 0.717) is 24.0 Å². The lowest BCUT2D eigenvalue weighted by Gasteiger charge is -2.34. The highest BCUT2D eigenvalue weighted by Gasteiger charge is 2.22. The molecule has 0 spiro atoms. The summed E-state index contributed by atoms with van der Waals surface area (Å²) in [7, 11) is 3.23. The second-order valence-electron chi connectivity index (χ2n) is 6.05. The van der Waals surface area contributed by atoms with Crippen molar-refractivity contribution in [3.05, 3.63) is 24.3 Å². The van der Waals surface area contributed by atoms with Gasteiger partial charge in [0, 0.05) is 44.5 Å². The molecule has 1 atom stereocenters. The van der Waals surface area contributed by atoms with Crippen LogP contribution in [-0.2, 0) is 9.59 Å². The molecule has 1 aromatic rings. The fraction of sp³-hybridized carbons (Fsp3) is 0.529. The number of likely N-dealkylation sites (N-methyl/N-ethyl adjacent to an activating group) is 1. The molecule has 0 bridgehead atoms. The fourth-order valence-electron chi connectivity index (χ4n) is 2.62. The third-order valence-corrected chi connectivity index (χ3v) is 4.14. The number of carbonyl (C=O) groups is 2. The van der Waals surface area contributed by atoms with Gasteiger partial charge in [-0.3, -0.25) is 14.5 Å². The minimum absolute atomic E-state index is 0. The summed E-state index contributed by atoms with van der Waals surface area (Å²) in [6, 6.07) is 7.45. The van der Waals surface area contributed by atoms with E-state index in [2.05, 4.69) is 22.5 Å². The van der Waals surface area contributed by atoms with Gasteiger partial charge in [0.1, 0.15) is 5.75 Å². The minimum atomic E-state index is -0.229. The molecular formula is C17H27ClN4O3. The number of methoxy groups -OCH3 is 1. The molecule has 2 N–H and O–H groups in total. The molecule has 1 fully saturated rings. The number of hydrogen-bond acceptors (Lipinski definition) is 5. The van der Waals surface area contributed by atoms with Crippen molar-refractivity contribution in [2.75, 3.05) is 52.2 Å². The van der Waals surface area contributed by atoms with Crippen LogP contribution in [0.15, 0.2) is 24.3 Å². The van der Waals surface area contributed by atoms with E-state index < -0.39 is 0 Å². The van der Waals surface area contributed by atoms with Crippen LogP contribution >= 0.6 is 12.4 Å². The first-order valence-corrected chi connectivity index (χ1v) is 8.12. The number of amides is 2. The van der Waals surface area contributed by atoms with Gasteiger partial charge in [0.15, 0.2) is 0 Å². The summed E-state index contributed by atoms with van der Waals surface area (Å²) in [6.45, 7) is 5.07. The van der Waals surface area contributed by atoms with Gasteiger partial charge in [0.2, 0.25) is 11.8 Å². The summed E-state index contributed by atoms with van der Waals surface area (Å²) >= 11 is 0. The Bertz CT molecular complexity index is 585. The maximum absolute atomic E-state index is 12.3. The van der Waals surface area contributed by atoms with Crippen molar-refractivity contribution in [3.63, 3.8) is 0 Å². The van der Waals surface area contributed by atoms with E-state index in [0.717, 1.165) is 19.6 Å². The Hall–Kier alpha value is -1.83. The molecule has 0 saturated carbocycles. The first kappa shape index (κ1) is 21.2. The average molecular weight is 371 g/mol. The van der Waals surface area contributed by atoms with Crippen LogP contribution in [0.1, 0.15) is 6.92 Å². The van der Waals surface area contributed by atoms with Crippen LogP contribution in [0.4, 0.5) is 5.69 Å². The monoisotopic (exact) mass is 370 g/mol. The molecule has 0 unspecified atom stereocenters. The molecule has 1 heterocycles. The second-order valence-corrected chi connectivity index (χ2v) is 6.05. The predicted octanol–water partition coefficient (Wildman–Crippen LogP) is 0.808. The van der Waals surface area contributed by atoms with Gasteiger partial charge in [0.05, 0.1) is 20.2 Å². The zero-order valence-corrected chi connectivity index (χ0v) is 15.8. The summed E-state index contributed by atoms with van der Waals surface area (Å²) in [5, 5.41) is 6.07. The Balaban J connectivity index is 0.00000312. The number of carbonyl (C=O) groups excluding carboxylic acids is 2. The molecule has 1 aliphatic rings. The van der Waals surface area contributed by atoms with Crippen molar-refractivity contribution in [2.45, 2.75) is 13.0 Å². The number of rotatable bonds is 6. The van der Waals surface area contributed by atoms with Gasteiger partial charge < -0.3 is 20.3 Å². The van der Waals surface area contributed by atoms with E-state index in [1.807, 2.05) is 0 Å². The molecule has 0 radical (unpaired) electrons. The number of nitrogens with one attached hydrogen (secondary N) is 2. The van der Waals surface area contributed by atoms with Crippen molar-refractivity contribution in [3.8, 4) is 5.75 Å². The highest BCUT2D eigenvalue weighted by atomic mass is 35.5. The SMILES string of the molecule is COc1cccc(NC(=O)CN(C)C(=O)CN2CCNC[C@@H]2C)c1.Cl. The third-order valence-electron chi connectivity index (χ3n) is 4.14. The van der Waals surface area contributed by atoms with E-state index in [9.17, 15) is 9.59 Å². The zero-order valence-electron chi connectivity index (χ0n) is 14.9. The molecule has 2 amide bonds. The van der Waals surface area contributed by atoms with Crippen LogP contribution in [0.25, 0.3) is 0 Å². The van der Waals surface area contributed by atoms with Crippen LogP contribution < -0.4 is 15.4 Å². The van der Waals surface area contributed by atoms with Crippen molar-refractivity contribution in [1.29, 1.82) is 0 Å². The lowest BCUT2D eigenvalue weighted by atomic mass is 10.2. The van der Waals surface area contributed by atoms with Gasteiger partial charge in [-0.15, -0.1) is 12.4 Å². The van der Waals surface area contributed by atoms with Crippen molar-refractivity contribution in [2.24, 2.45) is 0 Å². The van der Waals surface area contributed by atoms with E-state index in [4.69, 9.17) is 4.74 Å². The normalized spacial score (nSPS) is 17.3. The number of anilines is 1. The molecule has 0 aromatic heterocycles. The van der Waals surface area contributed by atoms with Gasteiger partial charge >= 0.3 is 0 Å². The molecule has 25 heavy (non-hydrogen) atoms. The molecule has 1 saturated heterocycles. The lowest BCUT2D eigenvalue weighted by molar-refractivity contribution is -0.134. The van der Waals surface area contributed by atoms with Crippen molar-refractivity contribution < 1.29 is 14.3 Å². The number of hydrogen-bond donors (Lipinski definition) is 2. The van der Waals surface area contributed by atoms with Crippen LogP contribution in [0.5, 0.6) is 5.75 Å². The highest BCUT2D eigenvalue weighted by Crippen LogP contribution is 2.16. The van der Waals surface area contributed by atoms with Crippen LogP contribution in [0, 0.1) is 0 Å². The zero-order chi connectivity index (χ0) is 17.5. The second kappa shape index (κ2) is 10.2. The van der Waals surface area contributed by atoms with Crippen LogP contribution in [0.2, 0.25) is 0 Å². The van der Waals surface area contributed by atoms with E-state index in [1.165, 1.54) is 4.90 Å². The topological polar surface area (TPSA) is 73.9 Å². The summed E-state index contributed by atoms with van der Waals surface area (Å²) in [4.78, 5) is 28.0. The first-order chi connectivity index (χ1) is 11.5. The maximum atomic E-state index is 12.3. The number of halogens is 1. The Morgan fingerprint density at radius 2 is 2.20 bits per heavy atom. The van der Waals surface area contributed by atoms with Gasteiger partial charge in [-0.1, -0.05) is 6.07 Å². The Morgan fingerprint density at radius 1 is 1.44 bits per heavy atom. The largest absolute Gasteiger partial charge is 0.497 e. The average Bonchev–Trinajstić information content (AvgIpc) is 2.56. The summed E-state index contributed by atoms with van der Waals surface area (Å²) in [5.41, 5.74) is 0.649. The summed E-state index contributed by atoms with van der Waals surface area (Å²) in [5.74, 6) is 0.391. The first-order valence-electron chi connectivity index (χ1n) is 8.12. The molecule has 2 rings (SSSR count). The van der Waals surface area contributed by atoms with E-state index in [-0.39, 0.29) is 30.8 Å². The Kier molecular flexibility index (Phi) is 8.68. The van der Waals surface area contributed by atoms with Gasteiger partial charge in [-0.05, 0) is 19.1 Å². The van der Waals surface area contributed by atoms with Crippen molar-refractivity contribution in [1.82, 2.24) is 15.1 Å². The fourth-order valence-corrected chi connectivity index (χ4v) is 2.62. The standard InChI is InChI=1S/C17H26N4O3.ClH/c1-13-10-18-7-8-21(13)12-17(23)20(2)11-16(22)19-14-5-4-6-15(9-14)24-3;/h4-6,9,13,18H,7-8,10-12H2,1-3H3,(H,19,22);1H/t13-;/m0./s1. The smallest absolute Gasteiger partial charge is 0.243 e. The Morgan fingerprint density at radius 3 is 2.88 bits per heavy atom. The Labute approximate surface area is 155 Å². The van der Waals surface area contributed by atoms with E-state index in [1.54, 1.807) is 38.4 Å². The van der Waals surface area contributed by atoms with Crippen LogP contribution in [0.3, 0.4) is 0 Å². The van der Waals surface area contributed by atoms with Gasteiger partial charge in [-0.2, -0.15) is 0 Å². The maximum Gasteiger partial charge on any atom is 0.243 e. The predicted molar refractivity (Wildman–Crippen MR) is 100 cm³/mol. The van der Waals surface area contributed by atoms with Gasteiger partial charge in [0.25, 0.3) is 0 Å². The quantitative estimate of drug-likeness (QED) is 0.775. The molecule has 1 aromatic carbocycles. The van der Waals surface area contributed by atoms with Gasteiger partial charge in [-0.25, -0.2) is 0 Å². The molecule has 140 valence electrons. The third kappa shape index (κ3) is 6.53. The van der Waals surface area contributed by atoms with Crippen molar-refractivity contribution >= 4 is 29.9 Å². The lowest BCUT2D eigenvalue weighted by Crippen LogP contribution is -2.53. The molecule has 8 heteroatoms. The van der Waals surface area contributed by atoms with Crippen LogP contribution in [-0.4, -0.2) is 74.5 Å². The molecule has 7 nitrogen and oxygen atoms in total. The molecular weight excluding hydrogens is 344 g/mol. The molecule has 0 aliphatic carbocycles. The highest BCUT2D eigenvalue weighted by molar-refractivity contribution is 5.94. The number of piperazine rings is 1. The number of benzene rings is 1. The summed E-state index contributed by atoms with van der Waals surface area (Å²) in [6.07, 6.45) is 0. The molecule has 1 aliphatic heterocycles. The number of ether oxygens (including phenoxy) is 1.